The number of carbonyl (C=O) groups excluding carboxylic acids is 2. The zero-order valence-electron chi connectivity index (χ0n) is 17.9. The van der Waals surface area contributed by atoms with Gasteiger partial charge in [-0.05, 0) is 51.3 Å². The highest BCUT2D eigenvalue weighted by atomic mass is 32.1. The van der Waals surface area contributed by atoms with E-state index in [4.69, 9.17) is 9.47 Å². The summed E-state index contributed by atoms with van der Waals surface area (Å²) < 4.78 is 11.4. The minimum Gasteiger partial charge on any atom is -0.503 e. The molecule has 0 bridgehead atoms. The number of ether oxygens (including phenoxy) is 2. The molecule has 164 valence electrons. The van der Waals surface area contributed by atoms with Gasteiger partial charge in [-0.1, -0.05) is 12.1 Å². The van der Waals surface area contributed by atoms with Gasteiger partial charge in [0.2, 0.25) is 5.78 Å². The van der Waals surface area contributed by atoms with Crippen LogP contribution in [0.25, 0.3) is 0 Å². The maximum Gasteiger partial charge on any atom is 0.290 e. The summed E-state index contributed by atoms with van der Waals surface area (Å²) in [6.07, 6.45) is 1.66. The highest BCUT2D eigenvalue weighted by molar-refractivity contribution is 7.14. The summed E-state index contributed by atoms with van der Waals surface area (Å²) in [4.78, 5) is 32.9. The van der Waals surface area contributed by atoms with Crippen LogP contribution in [0.3, 0.4) is 0 Å². The second kappa shape index (κ2) is 8.80. The maximum atomic E-state index is 13.5. The first kappa shape index (κ1) is 21.5. The van der Waals surface area contributed by atoms with Gasteiger partial charge in [-0.3, -0.25) is 9.59 Å². The first-order chi connectivity index (χ1) is 14.9. The third kappa shape index (κ3) is 4.09. The lowest BCUT2D eigenvalue weighted by Gasteiger charge is -2.29. The van der Waals surface area contributed by atoms with Crippen LogP contribution in [0, 0.1) is 13.8 Å². The van der Waals surface area contributed by atoms with E-state index in [1.54, 1.807) is 11.8 Å². The Kier molecular flexibility index (Phi) is 6.11. The monoisotopic (exact) mass is 442 g/mol. The van der Waals surface area contributed by atoms with E-state index in [1.807, 2.05) is 38.1 Å². The zero-order chi connectivity index (χ0) is 22.1. The van der Waals surface area contributed by atoms with Crippen molar-refractivity contribution in [2.45, 2.75) is 45.8 Å². The minimum absolute atomic E-state index is 0.0865. The minimum atomic E-state index is -0.716. The Balaban J connectivity index is 1.78. The molecule has 1 amide bonds. The summed E-state index contributed by atoms with van der Waals surface area (Å²) in [5.41, 5.74) is 1.40. The van der Waals surface area contributed by atoms with Crippen molar-refractivity contribution in [3.05, 3.63) is 56.7 Å². The number of benzene rings is 1. The van der Waals surface area contributed by atoms with Crippen LogP contribution in [0.15, 0.2) is 35.6 Å². The standard InChI is InChI=1S/C23H26N2O5S/c1-4-29-16-8-5-7-15(11-16)19-18(20(26)22-13(2)24-14(3)31-22)21(27)23(28)25(19)12-17-9-6-10-30-17/h5,7-8,11,17,19,27H,4,6,9-10,12H2,1-3H3. The molecule has 0 aliphatic carbocycles. The first-order valence-corrected chi connectivity index (χ1v) is 11.3. The molecule has 31 heavy (non-hydrogen) atoms. The highest BCUT2D eigenvalue weighted by Gasteiger charge is 2.45. The highest BCUT2D eigenvalue weighted by Crippen LogP contribution is 2.41. The van der Waals surface area contributed by atoms with Crippen LogP contribution < -0.4 is 4.74 Å². The molecular weight excluding hydrogens is 416 g/mol. The fourth-order valence-electron chi connectivity index (χ4n) is 4.23. The smallest absolute Gasteiger partial charge is 0.290 e. The van der Waals surface area contributed by atoms with Gasteiger partial charge >= 0.3 is 0 Å². The topological polar surface area (TPSA) is 89.0 Å². The zero-order valence-corrected chi connectivity index (χ0v) is 18.7. The van der Waals surface area contributed by atoms with E-state index in [1.165, 1.54) is 11.3 Å². The average Bonchev–Trinajstić information content (AvgIpc) is 3.43. The molecule has 2 aliphatic heterocycles. The Hall–Kier alpha value is -2.71. The SMILES string of the molecule is CCOc1cccc(C2C(C(=O)c3sc(C)nc3C)=C(O)C(=O)N2CC2CCCO2)c1. The molecule has 3 heterocycles. The van der Waals surface area contributed by atoms with Crippen LogP contribution in [0.2, 0.25) is 0 Å². The van der Waals surface area contributed by atoms with E-state index < -0.39 is 17.7 Å². The summed E-state index contributed by atoms with van der Waals surface area (Å²) in [5.74, 6) is -0.770. The van der Waals surface area contributed by atoms with Gasteiger partial charge in [0.25, 0.3) is 5.91 Å². The first-order valence-electron chi connectivity index (χ1n) is 10.5. The summed E-state index contributed by atoms with van der Waals surface area (Å²) in [7, 11) is 0. The predicted octanol–water partition coefficient (Wildman–Crippen LogP) is 3.92. The Morgan fingerprint density at radius 2 is 2.19 bits per heavy atom. The Labute approximate surface area is 185 Å². The quantitative estimate of drug-likeness (QED) is 0.654. The van der Waals surface area contributed by atoms with Crippen LogP contribution in [0.1, 0.15) is 51.7 Å². The molecule has 7 nitrogen and oxygen atoms in total. The van der Waals surface area contributed by atoms with Gasteiger partial charge in [0, 0.05) is 13.2 Å². The molecule has 0 radical (unpaired) electrons. The molecule has 0 saturated carbocycles. The number of carbonyl (C=O) groups is 2. The van der Waals surface area contributed by atoms with Crippen LogP contribution in [0.4, 0.5) is 0 Å². The van der Waals surface area contributed by atoms with E-state index in [9.17, 15) is 14.7 Å². The van der Waals surface area contributed by atoms with Crippen molar-refractivity contribution >= 4 is 23.0 Å². The molecule has 4 rings (SSSR count). The number of amides is 1. The van der Waals surface area contributed by atoms with E-state index in [-0.39, 0.29) is 17.5 Å². The van der Waals surface area contributed by atoms with Gasteiger partial charge in [-0.25, -0.2) is 4.98 Å². The van der Waals surface area contributed by atoms with Gasteiger partial charge < -0.3 is 19.5 Å². The van der Waals surface area contributed by atoms with Crippen molar-refractivity contribution < 1.29 is 24.2 Å². The molecule has 2 atom stereocenters. The van der Waals surface area contributed by atoms with Gasteiger partial charge in [0.05, 0.1) is 39.9 Å². The number of aryl methyl sites for hydroxylation is 2. The summed E-state index contributed by atoms with van der Waals surface area (Å²) >= 11 is 1.27. The second-order valence-corrected chi connectivity index (χ2v) is 8.94. The third-order valence-electron chi connectivity index (χ3n) is 5.57. The molecule has 1 aromatic heterocycles. The molecule has 0 spiro atoms. The molecule has 1 fully saturated rings. The van der Waals surface area contributed by atoms with Crippen molar-refractivity contribution in [3.8, 4) is 5.75 Å². The van der Waals surface area contributed by atoms with Crippen LogP contribution in [0.5, 0.6) is 5.75 Å². The molecule has 1 N–H and O–H groups in total. The third-order valence-corrected chi connectivity index (χ3v) is 6.64. The Morgan fingerprint density at radius 3 is 2.84 bits per heavy atom. The average molecular weight is 443 g/mol. The van der Waals surface area contributed by atoms with Gasteiger partial charge in [0.1, 0.15) is 5.75 Å². The number of hydrogen-bond acceptors (Lipinski definition) is 7. The number of aliphatic hydroxyl groups is 1. The van der Waals surface area contributed by atoms with E-state index in [0.717, 1.165) is 17.8 Å². The summed E-state index contributed by atoms with van der Waals surface area (Å²) in [5, 5.41) is 11.6. The number of aliphatic hydroxyl groups excluding tert-OH is 1. The Bertz CT molecular complexity index is 1040. The lowest BCUT2D eigenvalue weighted by molar-refractivity contribution is -0.131. The second-order valence-electron chi connectivity index (χ2n) is 7.74. The number of thiazole rings is 1. The molecule has 2 unspecified atom stereocenters. The predicted molar refractivity (Wildman–Crippen MR) is 117 cm³/mol. The van der Waals surface area contributed by atoms with E-state index >= 15 is 0 Å². The number of hydrogen-bond donors (Lipinski definition) is 1. The van der Waals surface area contributed by atoms with Crippen LogP contribution in [-0.2, 0) is 9.53 Å². The van der Waals surface area contributed by atoms with Crippen LogP contribution in [-0.4, -0.2) is 52.5 Å². The van der Waals surface area contributed by atoms with Gasteiger partial charge in [-0.2, -0.15) is 0 Å². The summed E-state index contributed by atoms with van der Waals surface area (Å²) in [6.45, 7) is 6.95. The Morgan fingerprint density at radius 1 is 1.39 bits per heavy atom. The van der Waals surface area contributed by atoms with Crippen molar-refractivity contribution in [1.82, 2.24) is 9.88 Å². The van der Waals surface area contributed by atoms with Crippen molar-refractivity contribution in [2.75, 3.05) is 19.8 Å². The normalized spacial score (nSPS) is 21.3. The number of ketones is 1. The van der Waals surface area contributed by atoms with Crippen molar-refractivity contribution in [2.24, 2.45) is 0 Å². The molecule has 1 aromatic carbocycles. The number of rotatable bonds is 7. The van der Waals surface area contributed by atoms with E-state index in [0.29, 0.717) is 41.6 Å². The molecule has 2 aliphatic rings. The molecule has 1 saturated heterocycles. The van der Waals surface area contributed by atoms with Gasteiger partial charge in [-0.15, -0.1) is 11.3 Å². The van der Waals surface area contributed by atoms with Crippen molar-refractivity contribution in [3.63, 3.8) is 0 Å². The lowest BCUT2D eigenvalue weighted by atomic mass is 9.94. The fraction of sp³-hybridized carbons (Fsp3) is 0.435. The van der Waals surface area contributed by atoms with Gasteiger partial charge in [0.15, 0.2) is 5.76 Å². The summed E-state index contributed by atoms with van der Waals surface area (Å²) in [6, 6.07) is 6.61. The van der Waals surface area contributed by atoms with Crippen molar-refractivity contribution in [1.29, 1.82) is 0 Å². The number of aromatic nitrogens is 1. The number of Topliss-reactive ketones (excluding diaryl/α,β-unsaturated/α-hetero) is 1. The van der Waals surface area contributed by atoms with E-state index in [2.05, 4.69) is 4.98 Å². The largest absolute Gasteiger partial charge is 0.503 e. The molecular formula is C23H26N2O5S. The molecule has 2 aromatic rings. The molecule has 8 heteroatoms. The lowest BCUT2D eigenvalue weighted by Crippen LogP contribution is -2.37. The fourth-order valence-corrected chi connectivity index (χ4v) is 5.11. The number of nitrogens with zero attached hydrogens (tertiary/aromatic N) is 2. The maximum absolute atomic E-state index is 13.5. The van der Waals surface area contributed by atoms with Crippen LogP contribution >= 0.6 is 11.3 Å².